The van der Waals surface area contributed by atoms with E-state index in [1.54, 1.807) is 6.92 Å². The molecule has 0 aromatic heterocycles. The summed E-state index contributed by atoms with van der Waals surface area (Å²) in [5, 5.41) is 0. The van der Waals surface area contributed by atoms with Crippen molar-refractivity contribution in [3.8, 4) is 0 Å². The highest BCUT2D eigenvalue weighted by atomic mass is 32.2. The Kier molecular flexibility index (Phi) is 4.61. The maximum absolute atomic E-state index is 13.5. The van der Waals surface area contributed by atoms with Gasteiger partial charge in [0, 0.05) is 6.04 Å². The lowest BCUT2D eigenvalue weighted by atomic mass is 10.1. The smallest absolute Gasteiger partial charge is 0.241 e. The van der Waals surface area contributed by atoms with Gasteiger partial charge in [0.15, 0.2) is 0 Å². The Balaban J connectivity index is 2.36. The monoisotopic (exact) mass is 318 g/mol. The Morgan fingerprint density at radius 1 is 1.35 bits per heavy atom. The summed E-state index contributed by atoms with van der Waals surface area (Å²) >= 11 is 1.83. The maximum atomic E-state index is 13.5. The van der Waals surface area contributed by atoms with Gasteiger partial charge in [0.05, 0.1) is 10.6 Å². The number of nitrogens with two attached hydrogens (primary N) is 1. The van der Waals surface area contributed by atoms with Crippen molar-refractivity contribution in [1.29, 1.82) is 0 Å². The van der Waals surface area contributed by atoms with Gasteiger partial charge in [0.1, 0.15) is 5.82 Å². The quantitative estimate of drug-likeness (QED) is 0.838. The van der Waals surface area contributed by atoms with Crippen LogP contribution in [0.3, 0.4) is 0 Å². The first-order valence-corrected chi connectivity index (χ1v) is 9.12. The van der Waals surface area contributed by atoms with Crippen molar-refractivity contribution in [2.24, 2.45) is 0 Å². The lowest BCUT2D eigenvalue weighted by Gasteiger charge is -2.23. The van der Waals surface area contributed by atoms with Crippen molar-refractivity contribution in [1.82, 2.24) is 4.72 Å². The van der Waals surface area contributed by atoms with Crippen LogP contribution in [0.1, 0.15) is 24.0 Å². The van der Waals surface area contributed by atoms with Crippen LogP contribution < -0.4 is 10.5 Å². The predicted molar refractivity (Wildman–Crippen MR) is 81.0 cm³/mol. The molecule has 0 radical (unpaired) electrons. The third-order valence-corrected chi connectivity index (χ3v) is 6.37. The third kappa shape index (κ3) is 3.10. The first-order valence-electron chi connectivity index (χ1n) is 6.48. The van der Waals surface area contributed by atoms with E-state index in [4.69, 9.17) is 5.73 Å². The number of thioether (sulfide) groups is 1. The molecule has 0 bridgehead atoms. The highest BCUT2D eigenvalue weighted by Crippen LogP contribution is 2.28. The van der Waals surface area contributed by atoms with E-state index in [1.165, 1.54) is 13.0 Å². The summed E-state index contributed by atoms with van der Waals surface area (Å²) in [4.78, 5) is 0.106. The van der Waals surface area contributed by atoms with Crippen LogP contribution >= 0.6 is 11.8 Å². The van der Waals surface area contributed by atoms with Crippen LogP contribution in [0.15, 0.2) is 11.0 Å². The summed E-state index contributed by atoms with van der Waals surface area (Å²) in [6.45, 7) is 3.12. The van der Waals surface area contributed by atoms with Crippen LogP contribution in [0.4, 0.5) is 10.1 Å². The number of anilines is 1. The van der Waals surface area contributed by atoms with Crippen molar-refractivity contribution < 1.29 is 12.8 Å². The van der Waals surface area contributed by atoms with E-state index in [-0.39, 0.29) is 22.2 Å². The van der Waals surface area contributed by atoms with Gasteiger partial charge in [-0.3, -0.25) is 0 Å². The highest BCUT2D eigenvalue weighted by Gasteiger charge is 2.26. The van der Waals surface area contributed by atoms with E-state index in [0.29, 0.717) is 5.56 Å². The normalized spacial score (nSPS) is 17.4. The molecule has 0 spiro atoms. The third-order valence-electron chi connectivity index (χ3n) is 3.52. The zero-order chi connectivity index (χ0) is 14.9. The first-order chi connectivity index (χ1) is 9.33. The van der Waals surface area contributed by atoms with E-state index in [0.717, 1.165) is 24.3 Å². The molecule has 20 heavy (non-hydrogen) atoms. The molecule has 1 saturated heterocycles. The number of nitrogens with one attached hydrogen (secondary N) is 1. The molecule has 7 heteroatoms. The van der Waals surface area contributed by atoms with E-state index in [2.05, 4.69) is 4.72 Å². The largest absolute Gasteiger partial charge is 0.396 e. The lowest BCUT2D eigenvalue weighted by molar-refractivity contribution is 0.527. The molecule has 0 aliphatic carbocycles. The first kappa shape index (κ1) is 15.6. The van der Waals surface area contributed by atoms with Gasteiger partial charge in [-0.25, -0.2) is 17.5 Å². The molecule has 0 unspecified atom stereocenters. The fourth-order valence-electron chi connectivity index (χ4n) is 2.44. The van der Waals surface area contributed by atoms with E-state index in [1.807, 2.05) is 11.8 Å². The Hall–Kier alpha value is -0.790. The minimum Gasteiger partial charge on any atom is -0.396 e. The molecule has 112 valence electrons. The fourth-order valence-corrected chi connectivity index (χ4v) is 5.33. The van der Waals surface area contributed by atoms with Crippen molar-refractivity contribution >= 4 is 27.5 Å². The van der Waals surface area contributed by atoms with Crippen LogP contribution in [0.2, 0.25) is 0 Å². The molecular formula is C13H19FN2O2S2. The second-order valence-electron chi connectivity index (χ2n) is 5.05. The van der Waals surface area contributed by atoms with Crippen LogP contribution in [0.5, 0.6) is 0 Å². The summed E-state index contributed by atoms with van der Waals surface area (Å²) in [5.74, 6) is 1.33. The molecule has 1 aliphatic rings. The number of nitrogen functional groups attached to an aromatic ring is 1. The van der Waals surface area contributed by atoms with Crippen LogP contribution in [-0.2, 0) is 10.0 Å². The molecule has 1 aromatic carbocycles. The van der Waals surface area contributed by atoms with Gasteiger partial charge in [-0.1, -0.05) is 0 Å². The summed E-state index contributed by atoms with van der Waals surface area (Å²) in [6.07, 6.45) is 1.64. The van der Waals surface area contributed by atoms with E-state index >= 15 is 0 Å². The Morgan fingerprint density at radius 3 is 2.55 bits per heavy atom. The predicted octanol–water partition coefficient (Wildman–Crippen LogP) is 2.20. The topological polar surface area (TPSA) is 72.2 Å². The van der Waals surface area contributed by atoms with Crippen molar-refractivity contribution in [2.45, 2.75) is 37.6 Å². The summed E-state index contributed by atoms with van der Waals surface area (Å²) in [7, 11) is -3.67. The van der Waals surface area contributed by atoms with Crippen LogP contribution in [0.25, 0.3) is 0 Å². The standard InChI is InChI=1S/C13H19FN2O2S2/c1-8-7-11(14)12(15)9(2)13(8)20(17,18)16-10-3-5-19-6-4-10/h7,10,16H,3-6,15H2,1-2H3. The van der Waals surface area contributed by atoms with Gasteiger partial charge in [0.25, 0.3) is 0 Å². The van der Waals surface area contributed by atoms with Gasteiger partial charge in [-0.05, 0) is 55.4 Å². The second kappa shape index (κ2) is 5.91. The van der Waals surface area contributed by atoms with Gasteiger partial charge in [-0.15, -0.1) is 0 Å². The Labute approximate surface area is 123 Å². The molecule has 0 atom stereocenters. The number of rotatable bonds is 3. The minimum atomic E-state index is -3.67. The van der Waals surface area contributed by atoms with Crippen LogP contribution in [0, 0.1) is 19.7 Å². The van der Waals surface area contributed by atoms with Crippen molar-refractivity contribution in [3.05, 3.63) is 23.0 Å². The summed E-state index contributed by atoms with van der Waals surface area (Å²) in [5.41, 5.74) is 6.17. The SMILES string of the molecule is Cc1cc(F)c(N)c(C)c1S(=O)(=O)NC1CCSCC1. The van der Waals surface area contributed by atoms with Gasteiger partial charge in [-0.2, -0.15) is 11.8 Å². The van der Waals surface area contributed by atoms with Crippen molar-refractivity contribution in [2.75, 3.05) is 17.2 Å². The summed E-state index contributed by atoms with van der Waals surface area (Å²) < 4.78 is 41.3. The molecule has 1 aromatic rings. The number of aryl methyl sites for hydroxylation is 1. The van der Waals surface area contributed by atoms with Gasteiger partial charge < -0.3 is 5.73 Å². The van der Waals surface area contributed by atoms with E-state index < -0.39 is 15.8 Å². The average Bonchev–Trinajstić information content (AvgIpc) is 2.36. The molecular weight excluding hydrogens is 299 g/mol. The zero-order valence-corrected chi connectivity index (χ0v) is 13.2. The van der Waals surface area contributed by atoms with Crippen molar-refractivity contribution in [3.63, 3.8) is 0 Å². The molecule has 0 amide bonds. The molecule has 1 aliphatic heterocycles. The van der Waals surface area contributed by atoms with E-state index in [9.17, 15) is 12.8 Å². The van der Waals surface area contributed by atoms with Gasteiger partial charge >= 0.3 is 0 Å². The number of benzene rings is 1. The minimum absolute atomic E-state index is 0.0497. The molecule has 3 N–H and O–H groups in total. The summed E-state index contributed by atoms with van der Waals surface area (Å²) in [6, 6.07) is 1.12. The number of sulfonamides is 1. The maximum Gasteiger partial charge on any atom is 0.241 e. The average molecular weight is 318 g/mol. The Bertz CT molecular complexity index is 611. The molecule has 2 rings (SSSR count). The number of hydrogen-bond donors (Lipinski definition) is 2. The molecule has 1 fully saturated rings. The second-order valence-corrected chi connectivity index (χ2v) is 7.93. The highest BCUT2D eigenvalue weighted by molar-refractivity contribution is 7.99. The Morgan fingerprint density at radius 2 is 1.95 bits per heavy atom. The lowest BCUT2D eigenvalue weighted by Crippen LogP contribution is -2.38. The number of hydrogen-bond acceptors (Lipinski definition) is 4. The zero-order valence-electron chi connectivity index (χ0n) is 11.6. The number of halogens is 1. The fraction of sp³-hybridized carbons (Fsp3) is 0.538. The molecule has 4 nitrogen and oxygen atoms in total. The van der Waals surface area contributed by atoms with Gasteiger partial charge in [0.2, 0.25) is 10.0 Å². The molecule has 1 heterocycles. The molecule has 0 saturated carbocycles. The van der Waals surface area contributed by atoms with Crippen LogP contribution in [-0.4, -0.2) is 26.0 Å².